The van der Waals surface area contributed by atoms with Gasteiger partial charge in [0.2, 0.25) is 0 Å². The predicted molar refractivity (Wildman–Crippen MR) is 68.4 cm³/mol. The number of ether oxygens (including phenoxy) is 1. The summed E-state index contributed by atoms with van der Waals surface area (Å²) >= 11 is 6.27. The monoisotopic (exact) mass is 254 g/mol. The maximum Gasteiger partial charge on any atom is 0.162 e. The van der Waals surface area contributed by atoms with E-state index in [1.54, 1.807) is 7.11 Å². The van der Waals surface area contributed by atoms with Crippen molar-refractivity contribution in [2.45, 2.75) is 51.6 Å². The maximum atomic E-state index is 6.27. The molecular weight excluding hydrogens is 236 g/mol. The summed E-state index contributed by atoms with van der Waals surface area (Å²) in [6.07, 6.45) is 3.14. The Morgan fingerprint density at radius 1 is 1.29 bits per heavy atom. The van der Waals surface area contributed by atoms with Gasteiger partial charge in [-0.1, -0.05) is 25.4 Å². The molecule has 1 aromatic rings. The standard InChI is InChI=1S/C13H19ClN2O/c1-8(2)10-9(3)15-12(16-11(10)14)13(17-4)6-5-7-13/h8H,5-7H2,1-4H3. The summed E-state index contributed by atoms with van der Waals surface area (Å²) in [7, 11) is 1.72. The number of halogens is 1. The number of methoxy groups -OCH3 is 1. The molecule has 1 aliphatic carbocycles. The first-order valence-electron chi connectivity index (χ1n) is 6.10. The molecule has 0 radical (unpaired) electrons. The summed E-state index contributed by atoms with van der Waals surface area (Å²) in [6.45, 7) is 6.20. The molecule has 0 spiro atoms. The average Bonchev–Trinajstić information content (AvgIpc) is 2.14. The SMILES string of the molecule is COC1(c2nc(C)c(C(C)C)c(Cl)n2)CCC1. The molecule has 2 rings (SSSR count). The van der Waals surface area contributed by atoms with Gasteiger partial charge in [-0.15, -0.1) is 0 Å². The topological polar surface area (TPSA) is 35.0 Å². The predicted octanol–water partition coefficient (Wildman–Crippen LogP) is 3.59. The largest absolute Gasteiger partial charge is 0.370 e. The van der Waals surface area contributed by atoms with Crippen molar-refractivity contribution >= 4 is 11.6 Å². The smallest absolute Gasteiger partial charge is 0.162 e. The summed E-state index contributed by atoms with van der Waals surface area (Å²) < 4.78 is 5.59. The van der Waals surface area contributed by atoms with Crippen LogP contribution in [0.5, 0.6) is 0 Å². The van der Waals surface area contributed by atoms with Crippen molar-refractivity contribution in [3.63, 3.8) is 0 Å². The minimum atomic E-state index is -0.288. The van der Waals surface area contributed by atoms with E-state index in [1.807, 2.05) is 6.92 Å². The lowest BCUT2D eigenvalue weighted by molar-refractivity contribution is -0.0847. The van der Waals surface area contributed by atoms with E-state index in [-0.39, 0.29) is 5.60 Å². The third-order valence-corrected chi connectivity index (χ3v) is 3.91. The zero-order valence-electron chi connectivity index (χ0n) is 10.9. The van der Waals surface area contributed by atoms with Crippen LogP contribution in [-0.4, -0.2) is 17.1 Å². The van der Waals surface area contributed by atoms with Gasteiger partial charge in [0.05, 0.1) is 0 Å². The lowest BCUT2D eigenvalue weighted by Gasteiger charge is -2.39. The number of hydrogen-bond donors (Lipinski definition) is 0. The normalized spacial score (nSPS) is 18.2. The summed E-state index contributed by atoms with van der Waals surface area (Å²) in [6, 6.07) is 0. The second-order valence-corrected chi connectivity index (χ2v) is 5.40. The van der Waals surface area contributed by atoms with Gasteiger partial charge in [0, 0.05) is 18.4 Å². The van der Waals surface area contributed by atoms with Gasteiger partial charge in [-0.3, -0.25) is 0 Å². The van der Waals surface area contributed by atoms with Crippen molar-refractivity contribution < 1.29 is 4.74 Å². The summed E-state index contributed by atoms with van der Waals surface area (Å²) in [5.74, 6) is 1.09. The Morgan fingerprint density at radius 3 is 2.29 bits per heavy atom. The van der Waals surface area contributed by atoms with Crippen molar-refractivity contribution in [1.29, 1.82) is 0 Å². The van der Waals surface area contributed by atoms with Crippen LogP contribution < -0.4 is 0 Å². The Kier molecular flexibility index (Phi) is 3.41. The molecule has 1 heterocycles. The van der Waals surface area contributed by atoms with Crippen LogP contribution in [0.1, 0.15) is 56.1 Å². The Bertz CT molecular complexity index is 399. The first-order chi connectivity index (χ1) is 8.00. The van der Waals surface area contributed by atoms with Crippen molar-refractivity contribution in [2.75, 3.05) is 7.11 Å². The Hall–Kier alpha value is -0.670. The Morgan fingerprint density at radius 2 is 1.94 bits per heavy atom. The quantitative estimate of drug-likeness (QED) is 0.774. The van der Waals surface area contributed by atoms with Crippen molar-refractivity contribution in [1.82, 2.24) is 9.97 Å². The highest BCUT2D eigenvalue weighted by Gasteiger charge is 2.42. The van der Waals surface area contributed by atoms with Crippen LogP contribution in [0, 0.1) is 6.92 Å². The van der Waals surface area contributed by atoms with E-state index in [1.165, 1.54) is 6.42 Å². The molecular formula is C13H19ClN2O. The van der Waals surface area contributed by atoms with Crippen LogP contribution in [0.4, 0.5) is 0 Å². The van der Waals surface area contributed by atoms with Crippen LogP contribution >= 0.6 is 11.6 Å². The van der Waals surface area contributed by atoms with Crippen molar-refractivity contribution in [3.05, 3.63) is 22.2 Å². The number of nitrogens with zero attached hydrogens (tertiary/aromatic N) is 2. The summed E-state index contributed by atoms with van der Waals surface area (Å²) in [5.41, 5.74) is 1.73. The summed E-state index contributed by atoms with van der Waals surface area (Å²) in [4.78, 5) is 9.05. The third kappa shape index (κ3) is 2.06. The van der Waals surface area contributed by atoms with Crippen molar-refractivity contribution in [2.24, 2.45) is 0 Å². The number of rotatable bonds is 3. The molecule has 94 valence electrons. The van der Waals surface area contributed by atoms with Gasteiger partial charge in [-0.05, 0) is 32.1 Å². The molecule has 1 aromatic heterocycles. The maximum absolute atomic E-state index is 6.27. The van der Waals surface area contributed by atoms with E-state index in [2.05, 4.69) is 23.8 Å². The van der Waals surface area contributed by atoms with E-state index >= 15 is 0 Å². The molecule has 0 aromatic carbocycles. The van der Waals surface area contributed by atoms with E-state index in [0.717, 1.165) is 29.9 Å². The zero-order chi connectivity index (χ0) is 12.6. The molecule has 1 saturated carbocycles. The van der Waals surface area contributed by atoms with Crippen molar-refractivity contribution in [3.8, 4) is 0 Å². The lowest BCUT2D eigenvalue weighted by atomic mass is 9.79. The fourth-order valence-electron chi connectivity index (χ4n) is 2.42. The highest BCUT2D eigenvalue weighted by molar-refractivity contribution is 6.30. The van der Waals surface area contributed by atoms with Gasteiger partial charge in [-0.25, -0.2) is 9.97 Å². The molecule has 0 N–H and O–H groups in total. The second-order valence-electron chi connectivity index (χ2n) is 5.04. The van der Waals surface area contributed by atoms with Crippen LogP contribution in [-0.2, 0) is 10.3 Å². The van der Waals surface area contributed by atoms with Gasteiger partial charge in [0.25, 0.3) is 0 Å². The van der Waals surface area contributed by atoms with Gasteiger partial charge >= 0.3 is 0 Å². The molecule has 0 amide bonds. The molecule has 1 fully saturated rings. The van der Waals surface area contributed by atoms with E-state index in [9.17, 15) is 0 Å². The first kappa shape index (κ1) is 12.8. The molecule has 0 atom stereocenters. The molecule has 0 bridgehead atoms. The Balaban J connectivity index is 2.45. The lowest BCUT2D eigenvalue weighted by Crippen LogP contribution is -2.38. The summed E-state index contributed by atoms with van der Waals surface area (Å²) in [5, 5.41) is 0.575. The third-order valence-electron chi connectivity index (χ3n) is 3.63. The number of hydrogen-bond acceptors (Lipinski definition) is 3. The molecule has 17 heavy (non-hydrogen) atoms. The second kappa shape index (κ2) is 4.54. The van der Waals surface area contributed by atoms with Crippen LogP contribution in [0.3, 0.4) is 0 Å². The van der Waals surface area contributed by atoms with Crippen LogP contribution in [0.2, 0.25) is 5.15 Å². The highest BCUT2D eigenvalue weighted by atomic mass is 35.5. The van der Waals surface area contributed by atoms with Gasteiger partial charge in [0.15, 0.2) is 5.82 Å². The number of aryl methyl sites for hydroxylation is 1. The number of aromatic nitrogens is 2. The van der Waals surface area contributed by atoms with E-state index < -0.39 is 0 Å². The minimum absolute atomic E-state index is 0.288. The molecule has 0 saturated heterocycles. The molecule has 4 heteroatoms. The highest BCUT2D eigenvalue weighted by Crippen LogP contribution is 2.43. The Labute approximate surface area is 108 Å². The van der Waals surface area contributed by atoms with E-state index in [0.29, 0.717) is 11.1 Å². The zero-order valence-corrected chi connectivity index (χ0v) is 11.6. The molecule has 0 aliphatic heterocycles. The molecule has 0 unspecified atom stereocenters. The molecule has 3 nitrogen and oxygen atoms in total. The van der Waals surface area contributed by atoms with Gasteiger partial charge in [0.1, 0.15) is 10.8 Å². The minimum Gasteiger partial charge on any atom is -0.370 e. The van der Waals surface area contributed by atoms with Gasteiger partial charge in [-0.2, -0.15) is 0 Å². The van der Waals surface area contributed by atoms with Crippen LogP contribution in [0.15, 0.2) is 0 Å². The fraction of sp³-hybridized carbons (Fsp3) is 0.692. The van der Waals surface area contributed by atoms with Gasteiger partial charge < -0.3 is 4.74 Å². The van der Waals surface area contributed by atoms with E-state index in [4.69, 9.17) is 16.3 Å². The fourth-order valence-corrected chi connectivity index (χ4v) is 2.86. The average molecular weight is 255 g/mol. The van der Waals surface area contributed by atoms with Crippen LogP contribution in [0.25, 0.3) is 0 Å². The first-order valence-corrected chi connectivity index (χ1v) is 6.47. The molecule has 1 aliphatic rings.